The zero-order valence-corrected chi connectivity index (χ0v) is 7.21. The third-order valence-electron chi connectivity index (χ3n) is 2.70. The van der Waals surface area contributed by atoms with E-state index in [1.807, 2.05) is 6.07 Å². The lowest BCUT2D eigenvalue weighted by Crippen LogP contribution is -2.42. The van der Waals surface area contributed by atoms with Crippen LogP contribution in [0.5, 0.6) is 0 Å². The smallest absolute Gasteiger partial charge is 0.142 e. The van der Waals surface area contributed by atoms with Crippen molar-refractivity contribution in [3.8, 4) is 6.07 Å². The van der Waals surface area contributed by atoms with Crippen molar-refractivity contribution in [1.29, 1.82) is 5.26 Å². The summed E-state index contributed by atoms with van der Waals surface area (Å²) in [5.74, 6) is 0.0304. The van der Waals surface area contributed by atoms with E-state index in [1.54, 1.807) is 6.92 Å². The normalized spacial score (nSPS) is 36.1. The van der Waals surface area contributed by atoms with Crippen LogP contribution >= 0.6 is 0 Å². The number of Topliss-reactive ketones (excluding diaryl/α,β-unsaturated/α-hetero) is 1. The van der Waals surface area contributed by atoms with Gasteiger partial charge in [-0.2, -0.15) is 5.26 Å². The molecule has 3 heteroatoms. The van der Waals surface area contributed by atoms with Crippen LogP contribution in [0.2, 0.25) is 0 Å². The first-order chi connectivity index (χ1) is 5.61. The maximum atomic E-state index is 11.4. The number of hydrogen-bond acceptors (Lipinski definition) is 3. The molecule has 66 valence electrons. The molecule has 2 atom stereocenters. The molecule has 1 saturated carbocycles. The van der Waals surface area contributed by atoms with Crippen molar-refractivity contribution in [2.75, 3.05) is 0 Å². The van der Waals surface area contributed by atoms with Gasteiger partial charge in [-0.1, -0.05) is 0 Å². The first-order valence-corrected chi connectivity index (χ1v) is 4.19. The summed E-state index contributed by atoms with van der Waals surface area (Å²) in [6, 6.07) is 1.96. The molecule has 1 fully saturated rings. The topological polar surface area (TPSA) is 61.1 Å². The highest BCUT2D eigenvalue weighted by Crippen LogP contribution is 2.35. The molecule has 1 aliphatic rings. The molecule has 0 heterocycles. The highest BCUT2D eigenvalue weighted by molar-refractivity contribution is 5.86. The largest absolute Gasteiger partial charge is 0.392 e. The Hall–Kier alpha value is -0.880. The monoisotopic (exact) mass is 167 g/mol. The molecule has 1 aliphatic carbocycles. The molecule has 0 unspecified atom stereocenters. The van der Waals surface area contributed by atoms with E-state index in [9.17, 15) is 9.90 Å². The first-order valence-electron chi connectivity index (χ1n) is 4.19. The van der Waals surface area contributed by atoms with E-state index in [0.717, 1.165) is 6.42 Å². The van der Waals surface area contributed by atoms with Crippen LogP contribution < -0.4 is 0 Å². The van der Waals surface area contributed by atoms with E-state index in [4.69, 9.17) is 5.26 Å². The zero-order valence-electron chi connectivity index (χ0n) is 7.21. The molecule has 0 amide bonds. The summed E-state index contributed by atoms with van der Waals surface area (Å²) in [6.07, 6.45) is 1.41. The quantitative estimate of drug-likeness (QED) is 0.634. The Balaban J connectivity index is 2.81. The number of hydrogen-bond donors (Lipinski definition) is 1. The second-order valence-electron chi connectivity index (χ2n) is 3.58. The lowest BCUT2D eigenvalue weighted by molar-refractivity contribution is -0.138. The van der Waals surface area contributed by atoms with Gasteiger partial charge in [0.15, 0.2) is 0 Å². The number of nitrogens with zero attached hydrogens (tertiary/aromatic N) is 1. The van der Waals surface area contributed by atoms with Gasteiger partial charge < -0.3 is 5.11 Å². The maximum absolute atomic E-state index is 11.4. The van der Waals surface area contributed by atoms with Crippen LogP contribution in [0.1, 0.15) is 32.6 Å². The van der Waals surface area contributed by atoms with Crippen molar-refractivity contribution in [1.82, 2.24) is 0 Å². The number of carbonyl (C=O) groups excluding carboxylic acids is 1. The van der Waals surface area contributed by atoms with Gasteiger partial charge in [0.25, 0.3) is 0 Å². The Labute approximate surface area is 72.0 Å². The van der Waals surface area contributed by atoms with E-state index in [0.29, 0.717) is 12.8 Å². The van der Waals surface area contributed by atoms with Gasteiger partial charge >= 0.3 is 0 Å². The minimum atomic E-state index is -0.799. The fourth-order valence-electron chi connectivity index (χ4n) is 1.63. The van der Waals surface area contributed by atoms with E-state index in [-0.39, 0.29) is 12.2 Å². The van der Waals surface area contributed by atoms with Crippen LogP contribution in [0.4, 0.5) is 0 Å². The van der Waals surface area contributed by atoms with Gasteiger partial charge in [-0.3, -0.25) is 4.79 Å². The molecular formula is C9H13NO2. The third-order valence-corrected chi connectivity index (χ3v) is 2.70. The molecule has 0 aromatic rings. The summed E-state index contributed by atoms with van der Waals surface area (Å²) in [6.45, 7) is 1.68. The molecule has 0 aromatic heterocycles. The molecule has 1 N–H and O–H groups in total. The Morgan fingerprint density at radius 3 is 3.00 bits per heavy atom. The minimum absolute atomic E-state index is 0.0304. The summed E-state index contributed by atoms with van der Waals surface area (Å²) < 4.78 is 0. The maximum Gasteiger partial charge on any atom is 0.142 e. The lowest BCUT2D eigenvalue weighted by atomic mass is 9.70. The number of rotatable bonds is 1. The Morgan fingerprint density at radius 2 is 2.50 bits per heavy atom. The van der Waals surface area contributed by atoms with E-state index in [1.165, 1.54) is 0 Å². The Kier molecular flexibility index (Phi) is 2.49. The summed E-state index contributed by atoms with van der Waals surface area (Å²) in [5.41, 5.74) is -0.799. The van der Waals surface area contributed by atoms with E-state index >= 15 is 0 Å². The average molecular weight is 167 g/mol. The fourth-order valence-corrected chi connectivity index (χ4v) is 1.63. The van der Waals surface area contributed by atoms with Crippen LogP contribution in [0.15, 0.2) is 0 Å². The van der Waals surface area contributed by atoms with Gasteiger partial charge in [0.2, 0.25) is 0 Å². The number of carbonyl (C=O) groups is 1. The SMILES string of the molecule is C[C@@]1(CC#N)C(=O)CCC[C@@H]1O. The van der Waals surface area contributed by atoms with Gasteiger partial charge in [0.05, 0.1) is 17.6 Å². The van der Waals surface area contributed by atoms with Crippen molar-refractivity contribution in [3.05, 3.63) is 0 Å². The molecule has 1 rings (SSSR count). The third kappa shape index (κ3) is 1.35. The van der Waals surface area contributed by atoms with Crippen LogP contribution in [-0.4, -0.2) is 17.0 Å². The van der Waals surface area contributed by atoms with Crippen molar-refractivity contribution >= 4 is 5.78 Å². The summed E-state index contributed by atoms with van der Waals surface area (Å²) in [5, 5.41) is 18.1. The molecular weight excluding hydrogens is 154 g/mol. The van der Waals surface area contributed by atoms with Crippen molar-refractivity contribution in [2.24, 2.45) is 5.41 Å². The number of aliphatic hydroxyl groups is 1. The standard InChI is InChI=1S/C9H13NO2/c1-9(5-6-10)7(11)3-2-4-8(9)12/h7,11H,2-5H2,1H3/t7-,9-/m0/s1. The zero-order chi connectivity index (χ0) is 9.19. The van der Waals surface area contributed by atoms with Crippen LogP contribution in [0.25, 0.3) is 0 Å². The van der Waals surface area contributed by atoms with E-state index < -0.39 is 11.5 Å². The predicted molar refractivity (Wildman–Crippen MR) is 43.2 cm³/mol. The fraction of sp³-hybridized carbons (Fsp3) is 0.778. The molecule has 0 aromatic carbocycles. The van der Waals surface area contributed by atoms with Crippen molar-refractivity contribution < 1.29 is 9.90 Å². The number of aliphatic hydroxyl groups excluding tert-OH is 1. The highest BCUT2D eigenvalue weighted by atomic mass is 16.3. The second kappa shape index (κ2) is 3.24. The molecule has 3 nitrogen and oxygen atoms in total. The van der Waals surface area contributed by atoms with Crippen LogP contribution in [0, 0.1) is 16.7 Å². The first kappa shape index (κ1) is 9.21. The summed E-state index contributed by atoms with van der Waals surface area (Å²) in [4.78, 5) is 11.4. The molecule has 0 aliphatic heterocycles. The number of nitriles is 1. The molecule has 0 radical (unpaired) electrons. The minimum Gasteiger partial charge on any atom is -0.392 e. The Morgan fingerprint density at radius 1 is 1.83 bits per heavy atom. The second-order valence-corrected chi connectivity index (χ2v) is 3.58. The summed E-state index contributed by atoms with van der Waals surface area (Å²) >= 11 is 0. The average Bonchev–Trinajstić information content (AvgIpc) is 2.02. The van der Waals surface area contributed by atoms with Gasteiger partial charge in [0, 0.05) is 12.8 Å². The van der Waals surface area contributed by atoms with Crippen LogP contribution in [0.3, 0.4) is 0 Å². The Bertz CT molecular complexity index is 231. The predicted octanol–water partition coefficient (Wildman–Crippen LogP) is 1.02. The molecule has 12 heavy (non-hydrogen) atoms. The number of ketones is 1. The summed E-state index contributed by atoms with van der Waals surface area (Å²) in [7, 11) is 0. The van der Waals surface area contributed by atoms with Crippen molar-refractivity contribution in [2.45, 2.75) is 38.7 Å². The van der Waals surface area contributed by atoms with Gasteiger partial charge in [0.1, 0.15) is 5.78 Å². The van der Waals surface area contributed by atoms with Gasteiger partial charge in [-0.25, -0.2) is 0 Å². The lowest BCUT2D eigenvalue weighted by Gasteiger charge is -2.34. The highest BCUT2D eigenvalue weighted by Gasteiger charge is 2.42. The van der Waals surface area contributed by atoms with E-state index in [2.05, 4.69) is 0 Å². The van der Waals surface area contributed by atoms with Gasteiger partial charge in [-0.05, 0) is 19.8 Å². The van der Waals surface area contributed by atoms with Gasteiger partial charge in [-0.15, -0.1) is 0 Å². The molecule has 0 saturated heterocycles. The van der Waals surface area contributed by atoms with Crippen molar-refractivity contribution in [3.63, 3.8) is 0 Å². The van der Waals surface area contributed by atoms with Crippen LogP contribution in [-0.2, 0) is 4.79 Å². The molecule has 0 spiro atoms. The molecule has 0 bridgehead atoms.